The van der Waals surface area contributed by atoms with Gasteiger partial charge in [-0.15, -0.1) is 0 Å². The maximum Gasteiger partial charge on any atom is 2.00 e. The van der Waals surface area contributed by atoms with Gasteiger partial charge >= 0.3 is 16.8 Å². The summed E-state index contributed by atoms with van der Waals surface area (Å²) in [4.78, 5) is 49.1. The molecule has 0 atom stereocenters. The van der Waals surface area contributed by atoms with E-state index in [1.807, 2.05) is 24.3 Å². The van der Waals surface area contributed by atoms with Crippen molar-refractivity contribution in [2.24, 2.45) is 11.5 Å². The van der Waals surface area contributed by atoms with E-state index in [0.717, 1.165) is 11.1 Å². The Morgan fingerprint density at radius 2 is 0.796 bits per heavy atom. The number of aromatic nitrogens is 2. The van der Waals surface area contributed by atoms with Crippen LogP contribution in [-0.2, 0) is 38.6 Å². The zero-order valence-corrected chi connectivity index (χ0v) is 29.3. The zero-order valence-electron chi connectivity index (χ0n) is 28.2. The first-order chi connectivity index (χ1) is 20.4. The molecule has 2 amide bonds. The Hall–Kier alpha value is -5.03. The molecule has 0 saturated heterocycles. The average Bonchev–Trinajstić information content (AvgIpc) is 2.98. The molecule has 0 fully saturated rings. The third-order valence-electron chi connectivity index (χ3n) is 5.87. The summed E-state index contributed by atoms with van der Waals surface area (Å²) in [5, 5.41) is 20.9. The van der Waals surface area contributed by atoms with Gasteiger partial charge in [-0.3, -0.25) is 19.6 Å². The van der Waals surface area contributed by atoms with Crippen molar-refractivity contribution in [2.75, 3.05) is 0 Å². The van der Waals surface area contributed by atoms with Gasteiger partial charge in [-0.25, -0.2) is 0 Å². The van der Waals surface area contributed by atoms with E-state index in [4.69, 9.17) is 11.5 Å². The molecule has 4 rings (SSSR count). The number of carbonyl (C=O) groups is 4. The Morgan fingerprint density at radius 1 is 0.531 bits per heavy atom. The van der Waals surface area contributed by atoms with Crippen LogP contribution in [-0.4, -0.2) is 44.7 Å². The molecule has 4 aromatic rings. The number of hydrogen-bond donors (Lipinski definition) is 2. The number of nitrogens with zero attached hydrogens (tertiary/aromatic N) is 2. The topological polar surface area (TPSA) is 321 Å². The number of primary amides is 2. The van der Waals surface area contributed by atoms with E-state index in [1.165, 1.54) is 12.4 Å². The van der Waals surface area contributed by atoms with Gasteiger partial charge in [0, 0.05) is 24.8 Å². The van der Waals surface area contributed by atoms with Crippen LogP contribution < -0.4 is 21.7 Å². The average molecular weight is 732 g/mol. The van der Waals surface area contributed by atoms with E-state index in [0.29, 0.717) is 11.1 Å². The normalized spacial score (nSPS) is 9.27. The molecule has 0 aliphatic rings. The van der Waals surface area contributed by atoms with E-state index in [-0.39, 0.29) is 60.6 Å². The first kappa shape index (κ1) is 53.5. The van der Waals surface area contributed by atoms with Gasteiger partial charge in [-0.05, 0) is 57.3 Å². The summed E-state index contributed by atoms with van der Waals surface area (Å²) >= 11 is 0. The molecule has 15 heteroatoms. The van der Waals surface area contributed by atoms with Crippen LogP contribution in [0.4, 0.5) is 0 Å². The number of pyridine rings is 2. The molecule has 0 bridgehead atoms. The van der Waals surface area contributed by atoms with Crippen molar-refractivity contribution in [3.05, 3.63) is 131 Å². The van der Waals surface area contributed by atoms with E-state index in [9.17, 15) is 29.4 Å². The van der Waals surface area contributed by atoms with Crippen LogP contribution in [0.2, 0.25) is 0 Å². The Bertz CT molecular complexity index is 1390. The molecule has 0 aliphatic carbocycles. The summed E-state index contributed by atoms with van der Waals surface area (Å²) in [5.41, 5.74) is 13.6. The molecule has 0 aliphatic heterocycles. The van der Waals surface area contributed by atoms with Gasteiger partial charge in [0.15, 0.2) is 0 Å². The maximum absolute atomic E-state index is 10.5. The van der Waals surface area contributed by atoms with Gasteiger partial charge in [-0.1, -0.05) is 90.1 Å². The second kappa shape index (κ2) is 25.0. The minimum absolute atomic E-state index is 0. The smallest absolute Gasteiger partial charge is 0.545 e. The van der Waals surface area contributed by atoms with Crippen molar-refractivity contribution in [3.63, 3.8) is 0 Å². The molecule has 14 N–H and O–H groups in total. The fourth-order valence-electron chi connectivity index (χ4n) is 3.23. The molecule has 0 unspecified atom stereocenters. The summed E-state index contributed by atoms with van der Waals surface area (Å²) in [6.07, 6.45) is 6.05. The predicted molar refractivity (Wildman–Crippen MR) is 181 cm³/mol. The molecule has 271 valence electrons. The standard InChI is InChI=1S/2C11H14O2.2C6H6N2O.Co.4H2O/c2*1-11(2,3)9-6-4-8(5-7-9)10(12)13;2*7-6(9)5-2-1-3-8-4-5;;;;;/h2*4-7H,1-3H3,(H,12,13);2*1-4H,(H2,7,9);;4*1H2/q;;;;+2;;;;. The second-order valence-electron chi connectivity index (χ2n) is 11.4. The van der Waals surface area contributed by atoms with Crippen LogP contribution in [0.1, 0.15) is 94.1 Å². The van der Waals surface area contributed by atoms with Crippen LogP contribution in [0.5, 0.6) is 0 Å². The number of carbonyl (C=O) groups excluding carboxylic acids is 4. The molecular formula is C34H48CoN4O10+2. The number of aromatic carboxylic acids is 2. The fraction of sp³-hybridized carbons (Fsp3) is 0.235. The van der Waals surface area contributed by atoms with E-state index in [2.05, 4.69) is 51.5 Å². The van der Waals surface area contributed by atoms with Crippen LogP contribution in [0.25, 0.3) is 0 Å². The summed E-state index contributed by atoms with van der Waals surface area (Å²) in [5.74, 6) is -3.13. The summed E-state index contributed by atoms with van der Waals surface area (Å²) < 4.78 is 0. The summed E-state index contributed by atoms with van der Waals surface area (Å²) in [7, 11) is 0. The number of carboxylic acid groups (broad SMARTS) is 2. The summed E-state index contributed by atoms with van der Waals surface area (Å²) in [6.45, 7) is 12.5. The van der Waals surface area contributed by atoms with Gasteiger partial charge in [-0.2, -0.15) is 0 Å². The van der Waals surface area contributed by atoms with Crippen molar-refractivity contribution < 1.29 is 68.1 Å². The van der Waals surface area contributed by atoms with E-state index in [1.54, 1.807) is 60.9 Å². The van der Waals surface area contributed by atoms with E-state index >= 15 is 0 Å². The number of carboxylic acids is 2. The molecule has 49 heavy (non-hydrogen) atoms. The van der Waals surface area contributed by atoms with Gasteiger partial charge in [0.05, 0.1) is 23.1 Å². The Kier molecular flexibility index (Phi) is 27.3. The fourth-order valence-corrected chi connectivity index (χ4v) is 3.23. The van der Waals surface area contributed by atoms with Crippen LogP contribution in [0.3, 0.4) is 0 Å². The predicted octanol–water partition coefficient (Wildman–Crippen LogP) is -0.439. The third-order valence-corrected chi connectivity index (χ3v) is 5.87. The van der Waals surface area contributed by atoms with Gasteiger partial charge < -0.3 is 53.2 Å². The monoisotopic (exact) mass is 731 g/mol. The molecule has 2 aromatic carbocycles. The molecular weight excluding hydrogens is 683 g/mol. The van der Waals surface area contributed by atoms with Gasteiger partial charge in [0.25, 0.3) is 0 Å². The van der Waals surface area contributed by atoms with E-state index < -0.39 is 23.8 Å². The number of amides is 2. The van der Waals surface area contributed by atoms with Crippen molar-refractivity contribution in [1.29, 1.82) is 0 Å². The zero-order chi connectivity index (χ0) is 33.5. The second-order valence-corrected chi connectivity index (χ2v) is 11.4. The molecule has 0 spiro atoms. The van der Waals surface area contributed by atoms with Crippen LogP contribution in [0.15, 0.2) is 97.6 Å². The van der Waals surface area contributed by atoms with Crippen molar-refractivity contribution in [1.82, 2.24) is 9.97 Å². The SMILES string of the molecule is CC(C)(C)c1ccc(C(=O)[O-])cc1.CC(C)(C)c1ccc(C(=O)[O-])cc1.NC(=O)c1cccnc1.NC(=O)c1cccnc1.O.O.[Co+2].[OH3+].[OH3+]. The first-order valence-corrected chi connectivity index (χ1v) is 13.5. The van der Waals surface area contributed by atoms with Crippen LogP contribution in [0, 0.1) is 0 Å². The largest absolute Gasteiger partial charge is 2.00 e. The van der Waals surface area contributed by atoms with Crippen molar-refractivity contribution in [2.45, 2.75) is 52.4 Å². The Balaban J connectivity index is -0.000000172. The minimum Gasteiger partial charge on any atom is -0.545 e. The minimum atomic E-state index is -1.12. The maximum atomic E-state index is 10.5. The van der Waals surface area contributed by atoms with Gasteiger partial charge in [0.1, 0.15) is 0 Å². The summed E-state index contributed by atoms with van der Waals surface area (Å²) in [6, 6.07) is 20.2. The third kappa shape index (κ3) is 20.7. The number of rotatable bonds is 4. The van der Waals surface area contributed by atoms with Crippen molar-refractivity contribution >= 4 is 23.8 Å². The number of nitrogens with two attached hydrogens (primary N) is 2. The Morgan fingerprint density at radius 3 is 0.939 bits per heavy atom. The Labute approximate surface area is 296 Å². The number of benzene rings is 2. The number of hydrogen-bond acceptors (Lipinski definition) is 8. The molecule has 1 radical (unpaired) electrons. The molecule has 0 saturated carbocycles. The molecule has 2 aromatic heterocycles. The molecule has 14 nitrogen and oxygen atoms in total. The van der Waals surface area contributed by atoms with Crippen LogP contribution >= 0.6 is 0 Å². The molecule has 2 heterocycles. The first-order valence-electron chi connectivity index (χ1n) is 13.5. The van der Waals surface area contributed by atoms with Gasteiger partial charge in [0.2, 0.25) is 11.8 Å². The quantitative estimate of drug-likeness (QED) is 0.259. The van der Waals surface area contributed by atoms with Crippen molar-refractivity contribution in [3.8, 4) is 0 Å².